The number of rotatable bonds is 2. The van der Waals surface area contributed by atoms with E-state index in [2.05, 4.69) is 0 Å². The van der Waals surface area contributed by atoms with Gasteiger partial charge in [0.2, 0.25) is 0 Å². The SMILES string of the molecule is COc1ccc(Cl)cc1N1C(=O)[C@@H]2COCCN2C1=O. The third-order valence-electron chi connectivity index (χ3n) is 3.45. The number of imide groups is 1. The van der Waals surface area contributed by atoms with Crippen LogP contribution in [0.25, 0.3) is 0 Å². The molecule has 2 heterocycles. The van der Waals surface area contributed by atoms with Crippen LogP contribution in [0.15, 0.2) is 18.2 Å². The molecule has 20 heavy (non-hydrogen) atoms. The molecule has 0 radical (unpaired) electrons. The first kappa shape index (κ1) is 13.2. The average molecular weight is 297 g/mol. The highest BCUT2D eigenvalue weighted by Gasteiger charge is 2.48. The molecule has 0 bridgehead atoms. The molecule has 0 aromatic heterocycles. The second kappa shape index (κ2) is 4.96. The van der Waals surface area contributed by atoms with Gasteiger partial charge in [0.25, 0.3) is 5.91 Å². The fraction of sp³-hybridized carbons (Fsp3) is 0.385. The van der Waals surface area contributed by atoms with Crippen molar-refractivity contribution >= 4 is 29.2 Å². The number of benzene rings is 1. The Morgan fingerprint density at radius 2 is 2.20 bits per heavy atom. The van der Waals surface area contributed by atoms with Crippen LogP contribution >= 0.6 is 11.6 Å². The van der Waals surface area contributed by atoms with Gasteiger partial charge in [-0.05, 0) is 18.2 Å². The summed E-state index contributed by atoms with van der Waals surface area (Å²) < 4.78 is 10.5. The van der Waals surface area contributed by atoms with Gasteiger partial charge in [0.05, 0.1) is 26.0 Å². The van der Waals surface area contributed by atoms with Crippen molar-refractivity contribution in [2.24, 2.45) is 0 Å². The fourth-order valence-electron chi connectivity index (χ4n) is 2.47. The van der Waals surface area contributed by atoms with Gasteiger partial charge in [-0.1, -0.05) is 11.6 Å². The molecule has 2 aliphatic heterocycles. The average Bonchev–Trinajstić information content (AvgIpc) is 2.71. The number of hydrogen-bond acceptors (Lipinski definition) is 4. The second-order valence-corrected chi connectivity index (χ2v) is 4.99. The van der Waals surface area contributed by atoms with E-state index in [0.717, 1.165) is 4.90 Å². The number of carbonyl (C=O) groups excluding carboxylic acids is 2. The van der Waals surface area contributed by atoms with E-state index in [9.17, 15) is 9.59 Å². The topological polar surface area (TPSA) is 59.1 Å². The van der Waals surface area contributed by atoms with Gasteiger partial charge >= 0.3 is 6.03 Å². The van der Waals surface area contributed by atoms with Crippen molar-refractivity contribution in [3.63, 3.8) is 0 Å². The van der Waals surface area contributed by atoms with Crippen LogP contribution in [0.4, 0.5) is 10.5 Å². The highest BCUT2D eigenvalue weighted by molar-refractivity contribution is 6.31. The van der Waals surface area contributed by atoms with Crippen LogP contribution in [0.5, 0.6) is 5.75 Å². The predicted molar refractivity (Wildman–Crippen MR) is 72.2 cm³/mol. The van der Waals surface area contributed by atoms with Crippen molar-refractivity contribution in [1.82, 2.24) is 4.90 Å². The van der Waals surface area contributed by atoms with Crippen molar-refractivity contribution in [1.29, 1.82) is 0 Å². The molecule has 2 saturated heterocycles. The van der Waals surface area contributed by atoms with Crippen molar-refractivity contribution in [2.75, 3.05) is 31.8 Å². The molecule has 1 atom stereocenters. The molecular formula is C13H13ClN2O4. The number of urea groups is 1. The summed E-state index contributed by atoms with van der Waals surface area (Å²) in [5.41, 5.74) is 0.365. The Kier molecular flexibility index (Phi) is 3.27. The number of amides is 3. The predicted octanol–water partition coefficient (Wildman–Crippen LogP) is 1.52. The highest BCUT2D eigenvalue weighted by atomic mass is 35.5. The van der Waals surface area contributed by atoms with Gasteiger partial charge in [-0.15, -0.1) is 0 Å². The van der Waals surface area contributed by atoms with E-state index < -0.39 is 6.04 Å². The minimum absolute atomic E-state index is 0.226. The molecule has 7 heteroatoms. The molecule has 0 aliphatic carbocycles. The first-order chi connectivity index (χ1) is 9.63. The fourth-order valence-corrected chi connectivity index (χ4v) is 2.63. The van der Waals surface area contributed by atoms with E-state index in [1.165, 1.54) is 12.0 Å². The number of methoxy groups -OCH3 is 1. The van der Waals surface area contributed by atoms with E-state index in [4.69, 9.17) is 21.1 Å². The van der Waals surface area contributed by atoms with Crippen LogP contribution in [0.2, 0.25) is 5.02 Å². The molecule has 2 fully saturated rings. The first-order valence-corrected chi connectivity index (χ1v) is 6.57. The lowest BCUT2D eigenvalue weighted by Crippen LogP contribution is -2.45. The number of morpholine rings is 1. The van der Waals surface area contributed by atoms with Crippen molar-refractivity contribution in [3.05, 3.63) is 23.2 Å². The minimum Gasteiger partial charge on any atom is -0.495 e. The van der Waals surface area contributed by atoms with Gasteiger partial charge < -0.3 is 14.4 Å². The van der Waals surface area contributed by atoms with Gasteiger partial charge in [-0.25, -0.2) is 9.69 Å². The number of nitrogens with zero attached hydrogens (tertiary/aromatic N) is 2. The second-order valence-electron chi connectivity index (χ2n) is 4.56. The number of carbonyl (C=O) groups is 2. The zero-order valence-electron chi connectivity index (χ0n) is 10.8. The summed E-state index contributed by atoms with van der Waals surface area (Å²) in [6.45, 7) is 1.08. The molecule has 2 aliphatic rings. The number of hydrogen-bond donors (Lipinski definition) is 0. The summed E-state index contributed by atoms with van der Waals surface area (Å²) in [5, 5.41) is 0.433. The third-order valence-corrected chi connectivity index (χ3v) is 3.69. The molecule has 0 unspecified atom stereocenters. The summed E-state index contributed by atoms with van der Waals surface area (Å²) in [5.74, 6) is 0.118. The summed E-state index contributed by atoms with van der Waals surface area (Å²) in [6, 6.07) is 3.91. The van der Waals surface area contributed by atoms with Gasteiger partial charge in [-0.2, -0.15) is 0 Å². The minimum atomic E-state index is -0.556. The largest absolute Gasteiger partial charge is 0.495 e. The Morgan fingerprint density at radius 3 is 2.90 bits per heavy atom. The zero-order chi connectivity index (χ0) is 14.3. The number of anilines is 1. The van der Waals surface area contributed by atoms with Crippen LogP contribution < -0.4 is 9.64 Å². The standard InChI is InChI=1S/C13H13ClN2O4/c1-19-11-3-2-8(14)6-9(11)16-12(17)10-7-20-5-4-15(10)13(16)18/h2-3,6,10H,4-5,7H2,1H3/t10-/m0/s1. The summed E-state index contributed by atoms with van der Waals surface area (Å²) in [4.78, 5) is 27.5. The lowest BCUT2D eigenvalue weighted by atomic mass is 10.2. The van der Waals surface area contributed by atoms with E-state index in [0.29, 0.717) is 29.6 Å². The monoisotopic (exact) mass is 296 g/mol. The quantitative estimate of drug-likeness (QED) is 0.776. The van der Waals surface area contributed by atoms with E-state index >= 15 is 0 Å². The molecule has 0 N–H and O–H groups in total. The van der Waals surface area contributed by atoms with Crippen molar-refractivity contribution in [2.45, 2.75) is 6.04 Å². The van der Waals surface area contributed by atoms with Gasteiger partial charge in [0.1, 0.15) is 11.8 Å². The molecular weight excluding hydrogens is 284 g/mol. The summed E-state index contributed by atoms with van der Waals surface area (Å²) >= 11 is 5.96. The normalized spacial score (nSPS) is 22.2. The smallest absolute Gasteiger partial charge is 0.332 e. The van der Waals surface area contributed by atoms with Crippen LogP contribution in [-0.2, 0) is 9.53 Å². The molecule has 0 saturated carbocycles. The Bertz CT molecular complexity index is 553. The zero-order valence-corrected chi connectivity index (χ0v) is 11.6. The van der Waals surface area contributed by atoms with Crippen LogP contribution in [0.3, 0.4) is 0 Å². The maximum absolute atomic E-state index is 12.4. The van der Waals surface area contributed by atoms with Crippen LogP contribution in [0, 0.1) is 0 Å². The molecule has 3 amide bonds. The Labute approximate surface area is 120 Å². The third kappa shape index (κ3) is 1.92. The summed E-state index contributed by atoms with van der Waals surface area (Å²) in [7, 11) is 1.48. The van der Waals surface area contributed by atoms with E-state index in [1.54, 1.807) is 18.2 Å². The van der Waals surface area contributed by atoms with E-state index in [1.807, 2.05) is 0 Å². The number of halogens is 1. The Balaban J connectivity index is 2.03. The molecule has 3 rings (SSSR count). The number of ether oxygens (including phenoxy) is 2. The Morgan fingerprint density at radius 1 is 1.40 bits per heavy atom. The van der Waals surface area contributed by atoms with E-state index in [-0.39, 0.29) is 18.5 Å². The first-order valence-electron chi connectivity index (χ1n) is 6.19. The van der Waals surface area contributed by atoms with Gasteiger partial charge in [0, 0.05) is 11.6 Å². The molecule has 0 spiro atoms. The lowest BCUT2D eigenvalue weighted by Gasteiger charge is -2.26. The number of fused-ring (bicyclic) bond motifs is 1. The van der Waals surface area contributed by atoms with Gasteiger partial charge in [0.15, 0.2) is 0 Å². The highest BCUT2D eigenvalue weighted by Crippen LogP contribution is 2.35. The maximum atomic E-state index is 12.4. The molecule has 1 aromatic rings. The van der Waals surface area contributed by atoms with Gasteiger partial charge in [-0.3, -0.25) is 4.79 Å². The van der Waals surface area contributed by atoms with Crippen molar-refractivity contribution in [3.8, 4) is 5.75 Å². The van der Waals surface area contributed by atoms with Crippen LogP contribution in [-0.4, -0.2) is 49.7 Å². The van der Waals surface area contributed by atoms with Crippen molar-refractivity contribution < 1.29 is 19.1 Å². The lowest BCUT2D eigenvalue weighted by molar-refractivity contribution is -0.123. The maximum Gasteiger partial charge on any atom is 0.332 e. The molecule has 6 nitrogen and oxygen atoms in total. The molecule has 106 valence electrons. The van der Waals surface area contributed by atoms with Crippen LogP contribution in [0.1, 0.15) is 0 Å². The summed E-state index contributed by atoms with van der Waals surface area (Å²) in [6.07, 6.45) is 0. The Hall–Kier alpha value is -1.79. The molecule has 1 aromatic carbocycles.